The average molecular weight is 780 g/mol. The molecule has 0 saturated carbocycles. The second kappa shape index (κ2) is 21.1. The van der Waals surface area contributed by atoms with Gasteiger partial charge < -0.3 is 19.5 Å². The maximum atomic E-state index is 12.6. The van der Waals surface area contributed by atoms with Gasteiger partial charge in [0.15, 0.2) is 0 Å². The summed E-state index contributed by atoms with van der Waals surface area (Å²) in [5.74, 6) is 13.4. The van der Waals surface area contributed by atoms with Crippen LogP contribution in [0.3, 0.4) is 0 Å². The van der Waals surface area contributed by atoms with Gasteiger partial charge in [0, 0.05) is 80.3 Å². The highest BCUT2D eigenvalue weighted by Crippen LogP contribution is 2.16. The van der Waals surface area contributed by atoms with Crippen molar-refractivity contribution in [3.63, 3.8) is 0 Å². The maximum Gasteiger partial charge on any atom is 0.356 e. The summed E-state index contributed by atoms with van der Waals surface area (Å²) in [6.45, 7) is 11.0. The van der Waals surface area contributed by atoms with Crippen LogP contribution < -0.4 is 14.8 Å². The summed E-state index contributed by atoms with van der Waals surface area (Å²) in [6, 6.07) is 22.5. The highest BCUT2D eigenvalue weighted by molar-refractivity contribution is 7.85. The van der Waals surface area contributed by atoms with E-state index in [0.717, 1.165) is 85.2 Å². The molecule has 0 atom stereocenters. The van der Waals surface area contributed by atoms with Gasteiger partial charge in [-0.1, -0.05) is 30.6 Å². The molecule has 12 nitrogen and oxygen atoms in total. The normalized spacial score (nSPS) is 13.9. The van der Waals surface area contributed by atoms with Crippen molar-refractivity contribution in [3.8, 4) is 35.2 Å². The summed E-state index contributed by atoms with van der Waals surface area (Å²) in [7, 11) is -2.65. The third-order valence-electron chi connectivity index (χ3n) is 8.69. The van der Waals surface area contributed by atoms with Crippen molar-refractivity contribution in [3.05, 3.63) is 118 Å². The van der Waals surface area contributed by atoms with Gasteiger partial charge in [0.05, 0.1) is 37.5 Å². The molecule has 2 aromatic heterocycles. The average Bonchev–Trinajstić information content (AvgIpc) is 3.29. The van der Waals surface area contributed by atoms with E-state index in [-0.39, 0.29) is 24.5 Å². The Balaban J connectivity index is 1.22. The van der Waals surface area contributed by atoms with Crippen LogP contribution in [0.25, 0.3) is 0 Å². The minimum absolute atomic E-state index is 0.181. The molecule has 5 rings (SSSR count). The Hall–Kier alpha value is -5.28. The molecule has 1 aliphatic rings. The van der Waals surface area contributed by atoms with Crippen LogP contribution in [0.4, 0.5) is 0 Å². The van der Waals surface area contributed by atoms with Crippen LogP contribution in [0.15, 0.2) is 72.8 Å². The summed E-state index contributed by atoms with van der Waals surface area (Å²) in [5.41, 5.74) is 6.00. The molecule has 0 amide bonds. The molecule has 2 aromatic carbocycles. The summed E-state index contributed by atoms with van der Waals surface area (Å²) in [4.78, 5) is 26.8. The molecule has 2 N–H and O–H groups in total. The zero-order chi connectivity index (χ0) is 39.8. The molecule has 13 heteroatoms. The van der Waals surface area contributed by atoms with E-state index in [1.807, 2.05) is 61.5 Å². The molecule has 0 aliphatic carbocycles. The molecule has 1 fully saturated rings. The Kier molecular flexibility index (Phi) is 15.8. The molecule has 0 radical (unpaired) electrons. The molecule has 0 unspecified atom stereocenters. The summed E-state index contributed by atoms with van der Waals surface area (Å²) < 4.78 is 46.9. The van der Waals surface area contributed by atoms with Crippen molar-refractivity contribution in [2.75, 3.05) is 65.3 Å². The van der Waals surface area contributed by atoms with Crippen LogP contribution in [-0.4, -0.2) is 104 Å². The van der Waals surface area contributed by atoms with Gasteiger partial charge in [-0.2, -0.15) is 8.42 Å². The number of pyridine rings is 2. The van der Waals surface area contributed by atoms with Gasteiger partial charge in [-0.15, -0.1) is 0 Å². The predicted molar refractivity (Wildman–Crippen MR) is 215 cm³/mol. The highest BCUT2D eigenvalue weighted by Gasteiger charge is 2.17. The Morgan fingerprint density at radius 2 is 1.27 bits per heavy atom. The van der Waals surface area contributed by atoms with Crippen molar-refractivity contribution in [1.29, 1.82) is 0 Å². The number of aryl methyl sites for hydroxylation is 1. The zero-order valence-electron chi connectivity index (χ0n) is 32.2. The number of ether oxygens (including phenoxy) is 3. The molecule has 1 aliphatic heterocycles. The fraction of sp³-hybridized carbons (Fsp3) is 0.372. The standard InChI is InChI=1S/C43H49N5O7S/c1-4-24-54-40-14-10-35(11-15-40)7-9-37-29-39(46-42(30-37)43(49)53-3)32-48-21-19-44-18-20-47(22-23-48)31-38-28-36(27-33(2)45-38)8-6-34-12-16-41(17-13-34)55-25-5-26-56(50,51)52/h10-17,27-30,44H,4-5,18-26,31-32H2,1-3H3,(H,50,51,52). The Labute approximate surface area is 330 Å². The first kappa shape index (κ1) is 41.9. The van der Waals surface area contributed by atoms with Crippen molar-refractivity contribution in [2.24, 2.45) is 0 Å². The molecule has 0 spiro atoms. The zero-order valence-corrected chi connectivity index (χ0v) is 33.0. The lowest BCUT2D eigenvalue weighted by Gasteiger charge is -2.25. The fourth-order valence-electron chi connectivity index (χ4n) is 5.93. The van der Waals surface area contributed by atoms with E-state index in [4.69, 9.17) is 23.7 Å². The SMILES string of the molecule is CCCOc1ccc(C#Cc2cc(CN3CCNCCN(Cc4cc(C#Cc5ccc(OCCCS(=O)(=O)O)cc5)cc(C)n4)CC3)nc(C(=O)OC)c2)cc1. The van der Waals surface area contributed by atoms with Crippen LogP contribution in [0.1, 0.15) is 69.6 Å². The highest BCUT2D eigenvalue weighted by atomic mass is 32.2. The number of methoxy groups -OCH3 is 1. The van der Waals surface area contributed by atoms with Gasteiger partial charge in [-0.3, -0.25) is 19.3 Å². The van der Waals surface area contributed by atoms with Gasteiger partial charge in [-0.05, 0) is 92.6 Å². The Bertz CT molecular complexity index is 2160. The number of aromatic nitrogens is 2. The smallest absolute Gasteiger partial charge is 0.356 e. The second-order valence-electron chi connectivity index (χ2n) is 13.4. The van der Waals surface area contributed by atoms with Crippen LogP contribution in [0.2, 0.25) is 0 Å². The second-order valence-corrected chi connectivity index (χ2v) is 15.0. The minimum atomic E-state index is -4.00. The number of hydrogen-bond donors (Lipinski definition) is 2. The number of nitrogens with one attached hydrogen (secondary N) is 1. The molecular weight excluding hydrogens is 731 g/mol. The van der Waals surface area contributed by atoms with E-state index in [0.29, 0.717) is 31.0 Å². The number of benzene rings is 2. The van der Waals surface area contributed by atoms with Gasteiger partial charge >= 0.3 is 5.97 Å². The van der Waals surface area contributed by atoms with E-state index in [9.17, 15) is 13.2 Å². The van der Waals surface area contributed by atoms with E-state index in [1.54, 1.807) is 18.2 Å². The lowest BCUT2D eigenvalue weighted by Crippen LogP contribution is -2.36. The van der Waals surface area contributed by atoms with E-state index in [2.05, 4.69) is 50.7 Å². The summed E-state index contributed by atoms with van der Waals surface area (Å²) >= 11 is 0. The van der Waals surface area contributed by atoms with Gasteiger partial charge in [0.2, 0.25) is 0 Å². The quantitative estimate of drug-likeness (QED) is 0.0839. The molecule has 4 aromatic rings. The fourth-order valence-corrected chi connectivity index (χ4v) is 6.41. The summed E-state index contributed by atoms with van der Waals surface area (Å²) in [5, 5.41) is 3.55. The largest absolute Gasteiger partial charge is 0.494 e. The molecule has 1 saturated heterocycles. The van der Waals surface area contributed by atoms with E-state index in [1.165, 1.54) is 7.11 Å². The van der Waals surface area contributed by atoms with Crippen LogP contribution in [0, 0.1) is 30.6 Å². The van der Waals surface area contributed by atoms with Crippen molar-refractivity contribution < 1.29 is 32.0 Å². The van der Waals surface area contributed by atoms with Gasteiger partial charge in [-0.25, -0.2) is 9.78 Å². The van der Waals surface area contributed by atoms with Crippen LogP contribution >= 0.6 is 0 Å². The Morgan fingerprint density at radius 1 is 0.750 bits per heavy atom. The summed E-state index contributed by atoms with van der Waals surface area (Å²) in [6.07, 6.45) is 1.14. The first-order valence-corrected chi connectivity index (χ1v) is 20.3. The molecule has 3 heterocycles. The van der Waals surface area contributed by atoms with E-state index >= 15 is 0 Å². The Morgan fingerprint density at radius 3 is 1.80 bits per heavy atom. The first-order chi connectivity index (χ1) is 27.0. The minimum Gasteiger partial charge on any atom is -0.494 e. The monoisotopic (exact) mass is 779 g/mol. The third-order valence-corrected chi connectivity index (χ3v) is 9.50. The number of carbonyl (C=O) groups excluding carboxylic acids is 1. The van der Waals surface area contributed by atoms with Gasteiger partial charge in [0.25, 0.3) is 10.1 Å². The lowest BCUT2D eigenvalue weighted by molar-refractivity contribution is 0.0593. The molecule has 56 heavy (non-hydrogen) atoms. The van der Waals surface area contributed by atoms with E-state index < -0.39 is 16.1 Å². The van der Waals surface area contributed by atoms with Crippen LogP contribution in [-0.2, 0) is 27.9 Å². The van der Waals surface area contributed by atoms with Crippen molar-refractivity contribution in [2.45, 2.75) is 39.8 Å². The predicted octanol–water partition coefficient (Wildman–Crippen LogP) is 4.72. The van der Waals surface area contributed by atoms with Gasteiger partial charge in [0.1, 0.15) is 17.2 Å². The number of rotatable bonds is 13. The van der Waals surface area contributed by atoms with Crippen molar-refractivity contribution in [1.82, 2.24) is 25.1 Å². The number of nitrogens with zero attached hydrogens (tertiary/aromatic N) is 4. The first-order valence-electron chi connectivity index (χ1n) is 18.7. The lowest BCUT2D eigenvalue weighted by atomic mass is 10.1. The maximum absolute atomic E-state index is 12.6. The number of hydrogen-bond acceptors (Lipinski definition) is 11. The topological polar surface area (TPSA) is 143 Å². The molecular formula is C43H49N5O7S. The third kappa shape index (κ3) is 14.4. The number of carbonyl (C=O) groups is 1. The van der Waals surface area contributed by atoms with Crippen LogP contribution in [0.5, 0.6) is 11.5 Å². The number of esters is 1. The van der Waals surface area contributed by atoms with Crippen molar-refractivity contribution >= 4 is 16.1 Å². The molecule has 0 bridgehead atoms. The molecule has 294 valence electrons.